The first-order valence-electron chi connectivity index (χ1n) is 6.34. The summed E-state index contributed by atoms with van der Waals surface area (Å²) < 4.78 is 5.57. The molecule has 1 atom stereocenters. The highest BCUT2D eigenvalue weighted by molar-refractivity contribution is 6.30. The van der Waals surface area contributed by atoms with E-state index in [2.05, 4.69) is 0 Å². The molecule has 0 aromatic heterocycles. The van der Waals surface area contributed by atoms with E-state index < -0.39 is 0 Å². The molecule has 2 N–H and O–H groups in total. The fourth-order valence-corrected chi connectivity index (χ4v) is 2.53. The molecule has 0 saturated carbocycles. The molecule has 2 rings (SSSR count). The second-order valence-electron chi connectivity index (χ2n) is 4.69. The number of ether oxygens (including phenoxy) is 1. The van der Waals surface area contributed by atoms with Gasteiger partial charge in [-0.1, -0.05) is 24.9 Å². The van der Waals surface area contributed by atoms with Crippen molar-refractivity contribution in [2.24, 2.45) is 5.73 Å². The topological polar surface area (TPSA) is 52.3 Å². The van der Waals surface area contributed by atoms with Gasteiger partial charge in [0.15, 0.2) is 5.78 Å². The number of carbonyl (C=O) groups is 1. The monoisotopic (exact) mass is 267 g/mol. The SMILES string of the molecule is CCCC(N)C(=O)Cc1cc(Cl)cc2c1OCC2. The maximum absolute atomic E-state index is 12.0. The third kappa shape index (κ3) is 2.85. The van der Waals surface area contributed by atoms with Crippen molar-refractivity contribution < 1.29 is 9.53 Å². The highest BCUT2D eigenvalue weighted by Crippen LogP contribution is 2.33. The average Bonchev–Trinajstić information content (AvgIpc) is 2.77. The van der Waals surface area contributed by atoms with E-state index >= 15 is 0 Å². The number of ketones is 1. The van der Waals surface area contributed by atoms with E-state index in [1.54, 1.807) is 0 Å². The summed E-state index contributed by atoms with van der Waals surface area (Å²) in [5.41, 5.74) is 7.79. The van der Waals surface area contributed by atoms with Crippen molar-refractivity contribution in [3.63, 3.8) is 0 Å². The molecule has 3 nitrogen and oxygen atoms in total. The van der Waals surface area contributed by atoms with Crippen molar-refractivity contribution in [3.8, 4) is 5.75 Å². The van der Waals surface area contributed by atoms with Gasteiger partial charge in [0.05, 0.1) is 12.6 Å². The Kier molecular flexibility index (Phi) is 4.25. The number of halogens is 1. The van der Waals surface area contributed by atoms with Crippen LogP contribution in [0.3, 0.4) is 0 Å². The smallest absolute Gasteiger partial charge is 0.154 e. The van der Waals surface area contributed by atoms with Crippen molar-refractivity contribution in [1.82, 2.24) is 0 Å². The van der Waals surface area contributed by atoms with Gasteiger partial charge in [0.25, 0.3) is 0 Å². The van der Waals surface area contributed by atoms with Crippen LogP contribution in [0, 0.1) is 0 Å². The van der Waals surface area contributed by atoms with Crippen LogP contribution in [0.4, 0.5) is 0 Å². The summed E-state index contributed by atoms with van der Waals surface area (Å²) in [5.74, 6) is 0.883. The summed E-state index contributed by atoms with van der Waals surface area (Å²) in [5, 5.41) is 0.658. The number of Topliss-reactive ketones (excluding diaryl/α,β-unsaturated/α-hetero) is 1. The summed E-state index contributed by atoms with van der Waals surface area (Å²) in [6.07, 6.45) is 2.81. The van der Waals surface area contributed by atoms with Crippen molar-refractivity contribution in [3.05, 3.63) is 28.3 Å². The van der Waals surface area contributed by atoms with E-state index in [0.717, 1.165) is 36.1 Å². The van der Waals surface area contributed by atoms with E-state index in [4.69, 9.17) is 22.1 Å². The second kappa shape index (κ2) is 5.72. The van der Waals surface area contributed by atoms with Crippen LogP contribution in [0.15, 0.2) is 12.1 Å². The molecule has 18 heavy (non-hydrogen) atoms. The molecule has 1 heterocycles. The summed E-state index contributed by atoms with van der Waals surface area (Å²) in [6.45, 7) is 2.69. The van der Waals surface area contributed by atoms with Crippen LogP contribution in [0.25, 0.3) is 0 Å². The van der Waals surface area contributed by atoms with Gasteiger partial charge < -0.3 is 10.5 Å². The molecule has 0 radical (unpaired) electrons. The van der Waals surface area contributed by atoms with E-state index in [-0.39, 0.29) is 11.8 Å². The molecule has 0 saturated heterocycles. The van der Waals surface area contributed by atoms with Gasteiger partial charge in [0, 0.05) is 23.4 Å². The molecule has 0 aliphatic carbocycles. The van der Waals surface area contributed by atoms with Crippen molar-refractivity contribution in [1.29, 1.82) is 0 Å². The largest absolute Gasteiger partial charge is 0.493 e. The molecule has 1 aromatic rings. The van der Waals surface area contributed by atoms with Gasteiger partial charge in [-0.3, -0.25) is 4.79 Å². The standard InChI is InChI=1S/C14H18ClNO2/c1-2-3-12(16)13(17)8-10-7-11(15)6-9-4-5-18-14(9)10/h6-7,12H,2-5,8,16H2,1H3. The zero-order valence-electron chi connectivity index (χ0n) is 10.5. The van der Waals surface area contributed by atoms with Crippen LogP contribution in [-0.2, 0) is 17.6 Å². The zero-order valence-corrected chi connectivity index (χ0v) is 11.3. The molecule has 4 heteroatoms. The predicted octanol–water partition coefficient (Wildman–Crippen LogP) is 2.51. The first-order chi connectivity index (χ1) is 8.61. The van der Waals surface area contributed by atoms with Gasteiger partial charge >= 0.3 is 0 Å². The lowest BCUT2D eigenvalue weighted by Gasteiger charge is -2.12. The molecular weight excluding hydrogens is 250 g/mol. The van der Waals surface area contributed by atoms with Crippen LogP contribution in [0.5, 0.6) is 5.75 Å². The highest BCUT2D eigenvalue weighted by Gasteiger charge is 2.21. The number of hydrogen-bond donors (Lipinski definition) is 1. The fourth-order valence-electron chi connectivity index (χ4n) is 2.27. The Hall–Kier alpha value is -1.06. The first kappa shape index (κ1) is 13.4. The molecule has 1 aliphatic rings. The molecule has 1 aromatic carbocycles. The summed E-state index contributed by atoms with van der Waals surface area (Å²) in [7, 11) is 0. The number of fused-ring (bicyclic) bond motifs is 1. The third-order valence-electron chi connectivity index (χ3n) is 3.20. The van der Waals surface area contributed by atoms with Crippen LogP contribution < -0.4 is 10.5 Å². The van der Waals surface area contributed by atoms with Crippen molar-refractivity contribution in [2.45, 2.75) is 38.6 Å². The Bertz CT molecular complexity index is 459. The number of nitrogens with two attached hydrogens (primary N) is 1. The summed E-state index contributed by atoms with van der Waals surface area (Å²) >= 11 is 6.05. The molecule has 0 bridgehead atoms. The van der Waals surface area contributed by atoms with Gasteiger partial charge in [0.2, 0.25) is 0 Å². The Morgan fingerprint density at radius 1 is 1.56 bits per heavy atom. The molecule has 0 fully saturated rings. The van der Waals surface area contributed by atoms with Gasteiger partial charge in [-0.05, 0) is 24.1 Å². The summed E-state index contributed by atoms with van der Waals surface area (Å²) in [4.78, 5) is 12.0. The lowest BCUT2D eigenvalue weighted by atomic mass is 9.99. The normalized spacial score (nSPS) is 15.1. The van der Waals surface area contributed by atoms with E-state index in [0.29, 0.717) is 18.1 Å². The average molecular weight is 268 g/mol. The number of benzene rings is 1. The van der Waals surface area contributed by atoms with Crippen LogP contribution >= 0.6 is 11.6 Å². The van der Waals surface area contributed by atoms with E-state index in [1.165, 1.54) is 0 Å². The Morgan fingerprint density at radius 2 is 2.33 bits per heavy atom. The highest BCUT2D eigenvalue weighted by atomic mass is 35.5. The molecule has 1 unspecified atom stereocenters. The predicted molar refractivity (Wildman–Crippen MR) is 72.2 cm³/mol. The van der Waals surface area contributed by atoms with Crippen molar-refractivity contribution in [2.75, 3.05) is 6.61 Å². The molecule has 98 valence electrons. The lowest BCUT2D eigenvalue weighted by Crippen LogP contribution is -2.31. The first-order valence-corrected chi connectivity index (χ1v) is 6.72. The fraction of sp³-hybridized carbons (Fsp3) is 0.500. The lowest BCUT2D eigenvalue weighted by molar-refractivity contribution is -0.119. The van der Waals surface area contributed by atoms with Gasteiger partial charge in [-0.25, -0.2) is 0 Å². The van der Waals surface area contributed by atoms with Crippen LogP contribution in [-0.4, -0.2) is 18.4 Å². The third-order valence-corrected chi connectivity index (χ3v) is 3.42. The molecule has 0 amide bonds. The van der Waals surface area contributed by atoms with Gasteiger partial charge in [0.1, 0.15) is 5.75 Å². The minimum Gasteiger partial charge on any atom is -0.493 e. The number of hydrogen-bond acceptors (Lipinski definition) is 3. The van der Waals surface area contributed by atoms with Crippen molar-refractivity contribution >= 4 is 17.4 Å². The minimum atomic E-state index is -0.383. The van der Waals surface area contributed by atoms with E-state index in [9.17, 15) is 4.79 Å². The number of carbonyl (C=O) groups excluding carboxylic acids is 1. The second-order valence-corrected chi connectivity index (χ2v) is 5.13. The van der Waals surface area contributed by atoms with Crippen LogP contribution in [0.1, 0.15) is 30.9 Å². The maximum Gasteiger partial charge on any atom is 0.154 e. The Labute approximate surface area is 112 Å². The zero-order chi connectivity index (χ0) is 13.1. The summed E-state index contributed by atoms with van der Waals surface area (Å²) in [6, 6.07) is 3.33. The van der Waals surface area contributed by atoms with Gasteiger partial charge in [-0.15, -0.1) is 0 Å². The quantitative estimate of drug-likeness (QED) is 0.892. The molecule has 0 spiro atoms. The number of rotatable bonds is 5. The Morgan fingerprint density at radius 3 is 3.06 bits per heavy atom. The minimum absolute atomic E-state index is 0.0526. The Balaban J connectivity index is 2.17. The molecular formula is C14H18ClNO2. The van der Waals surface area contributed by atoms with Crippen LogP contribution in [0.2, 0.25) is 5.02 Å². The van der Waals surface area contributed by atoms with Gasteiger partial charge in [-0.2, -0.15) is 0 Å². The maximum atomic E-state index is 12.0. The molecule has 1 aliphatic heterocycles. The van der Waals surface area contributed by atoms with E-state index in [1.807, 2.05) is 19.1 Å².